The molecule has 132 valence electrons. The maximum absolute atomic E-state index is 12.2. The van der Waals surface area contributed by atoms with Crippen LogP contribution in [0.15, 0.2) is 12.1 Å². The van der Waals surface area contributed by atoms with Gasteiger partial charge < -0.3 is 19.8 Å². The zero-order chi connectivity index (χ0) is 17.9. The van der Waals surface area contributed by atoms with Crippen molar-refractivity contribution >= 4 is 11.9 Å². The van der Waals surface area contributed by atoms with Gasteiger partial charge in [-0.25, -0.2) is 4.79 Å². The van der Waals surface area contributed by atoms with Gasteiger partial charge >= 0.3 is 5.97 Å². The lowest BCUT2D eigenvalue weighted by molar-refractivity contribution is -0.136. The van der Waals surface area contributed by atoms with Crippen molar-refractivity contribution < 1.29 is 24.5 Å². The summed E-state index contributed by atoms with van der Waals surface area (Å²) in [4.78, 5) is 25.9. The number of amides is 1. The maximum atomic E-state index is 12.2. The van der Waals surface area contributed by atoms with Crippen LogP contribution in [0.5, 0.6) is 11.5 Å². The first-order valence-corrected chi connectivity index (χ1v) is 8.25. The molecule has 1 saturated carbocycles. The van der Waals surface area contributed by atoms with Crippen molar-refractivity contribution in [2.24, 2.45) is 5.92 Å². The fourth-order valence-corrected chi connectivity index (χ4v) is 2.99. The molecular formula is C18H25NO5. The zero-order valence-corrected chi connectivity index (χ0v) is 14.4. The van der Waals surface area contributed by atoms with E-state index in [0.29, 0.717) is 11.5 Å². The highest BCUT2D eigenvalue weighted by molar-refractivity contribution is 5.95. The molecule has 0 aromatic heterocycles. The van der Waals surface area contributed by atoms with Crippen LogP contribution in [-0.2, 0) is 9.53 Å². The Balaban J connectivity index is 1.91. The molecule has 0 unspecified atom stereocenters. The minimum absolute atomic E-state index is 0.153. The number of benzene rings is 1. The summed E-state index contributed by atoms with van der Waals surface area (Å²) >= 11 is 0. The number of aryl methyl sites for hydroxylation is 1. The Bertz CT molecular complexity index is 620. The molecule has 1 aliphatic rings. The second-order valence-corrected chi connectivity index (χ2v) is 6.62. The van der Waals surface area contributed by atoms with Crippen molar-refractivity contribution in [3.8, 4) is 11.5 Å². The number of carbonyl (C=O) groups is 2. The predicted octanol–water partition coefficient (Wildman–Crippen LogP) is 2.60. The number of nitrogens with zero attached hydrogens (tertiary/aromatic N) is 1. The van der Waals surface area contributed by atoms with Gasteiger partial charge in [0.2, 0.25) is 0 Å². The quantitative estimate of drug-likeness (QED) is 0.652. The summed E-state index contributed by atoms with van der Waals surface area (Å²) < 4.78 is 5.00. The van der Waals surface area contributed by atoms with Crippen molar-refractivity contribution in [1.82, 2.24) is 4.90 Å². The number of hydrogen-bond donors (Lipinski definition) is 2. The Morgan fingerprint density at radius 1 is 1.17 bits per heavy atom. The third kappa shape index (κ3) is 3.99. The van der Waals surface area contributed by atoms with Crippen molar-refractivity contribution in [2.45, 2.75) is 45.6 Å². The van der Waals surface area contributed by atoms with Gasteiger partial charge in [0.25, 0.3) is 5.91 Å². The van der Waals surface area contributed by atoms with Crippen LogP contribution in [0.2, 0.25) is 0 Å². The number of phenolic OH excluding ortho intramolecular Hbond substituents is 2. The van der Waals surface area contributed by atoms with E-state index in [4.69, 9.17) is 4.74 Å². The van der Waals surface area contributed by atoms with E-state index in [0.717, 1.165) is 25.7 Å². The van der Waals surface area contributed by atoms with E-state index < -0.39 is 11.7 Å². The lowest BCUT2D eigenvalue weighted by atomic mass is 9.87. The number of hydrogen-bond acceptors (Lipinski definition) is 5. The fourth-order valence-electron chi connectivity index (χ4n) is 2.99. The van der Waals surface area contributed by atoms with Gasteiger partial charge in [-0.1, -0.05) is 13.0 Å². The molecule has 1 aromatic carbocycles. The smallest absolute Gasteiger partial charge is 0.342 e. The van der Waals surface area contributed by atoms with E-state index in [-0.39, 0.29) is 29.9 Å². The van der Waals surface area contributed by atoms with Gasteiger partial charge in [0.15, 0.2) is 18.1 Å². The maximum Gasteiger partial charge on any atom is 0.342 e. The topological polar surface area (TPSA) is 87.1 Å². The summed E-state index contributed by atoms with van der Waals surface area (Å²) in [5.74, 6) is -1.29. The number of rotatable bonds is 4. The highest BCUT2D eigenvalue weighted by Gasteiger charge is 2.26. The van der Waals surface area contributed by atoms with Crippen molar-refractivity contribution in [3.63, 3.8) is 0 Å². The number of ether oxygens (including phenoxy) is 1. The minimum atomic E-state index is -0.832. The summed E-state index contributed by atoms with van der Waals surface area (Å²) in [6.07, 6.45) is 4.12. The number of esters is 1. The monoisotopic (exact) mass is 335 g/mol. The lowest BCUT2D eigenvalue weighted by Crippen LogP contribution is -2.41. The molecule has 1 fully saturated rings. The molecule has 6 heteroatoms. The van der Waals surface area contributed by atoms with Gasteiger partial charge in [-0.3, -0.25) is 4.79 Å². The Morgan fingerprint density at radius 2 is 1.79 bits per heavy atom. The lowest BCUT2D eigenvalue weighted by Gasteiger charge is -2.33. The van der Waals surface area contributed by atoms with Gasteiger partial charge in [-0.15, -0.1) is 0 Å². The van der Waals surface area contributed by atoms with Gasteiger partial charge in [0.1, 0.15) is 5.56 Å². The second-order valence-electron chi connectivity index (χ2n) is 6.62. The Morgan fingerprint density at radius 3 is 2.42 bits per heavy atom. The molecule has 6 nitrogen and oxygen atoms in total. The van der Waals surface area contributed by atoms with Crippen molar-refractivity contribution in [1.29, 1.82) is 0 Å². The van der Waals surface area contributed by atoms with E-state index in [1.165, 1.54) is 12.1 Å². The molecule has 0 saturated heterocycles. The molecule has 24 heavy (non-hydrogen) atoms. The summed E-state index contributed by atoms with van der Waals surface area (Å²) in [6.45, 7) is 3.44. The molecule has 1 aromatic rings. The minimum Gasteiger partial charge on any atom is -0.504 e. The average Bonchev–Trinajstić information content (AvgIpc) is 2.57. The SMILES string of the molecule is Cc1ccc(C(=O)OCC(=O)N(C)C2CCC(C)CC2)c(O)c1O. The Kier molecular flexibility index (Phi) is 5.70. The van der Waals surface area contributed by atoms with Gasteiger partial charge in [0, 0.05) is 13.1 Å². The second kappa shape index (κ2) is 7.55. The first-order valence-electron chi connectivity index (χ1n) is 8.25. The van der Waals surface area contributed by atoms with Crippen molar-refractivity contribution in [3.05, 3.63) is 23.3 Å². The summed E-state index contributed by atoms with van der Waals surface area (Å²) in [5, 5.41) is 19.5. The zero-order valence-electron chi connectivity index (χ0n) is 14.4. The van der Waals surface area contributed by atoms with Crippen LogP contribution in [0.1, 0.15) is 48.5 Å². The summed E-state index contributed by atoms with van der Waals surface area (Å²) in [6, 6.07) is 3.05. The number of aromatic hydroxyl groups is 2. The molecule has 0 radical (unpaired) electrons. The number of phenols is 2. The highest BCUT2D eigenvalue weighted by atomic mass is 16.5. The molecule has 0 aliphatic heterocycles. The number of carbonyl (C=O) groups excluding carboxylic acids is 2. The van der Waals surface area contributed by atoms with E-state index in [2.05, 4.69) is 6.92 Å². The molecule has 0 bridgehead atoms. The van der Waals surface area contributed by atoms with E-state index in [1.807, 2.05) is 0 Å². The molecule has 0 spiro atoms. The van der Waals surface area contributed by atoms with Crippen LogP contribution in [0.3, 0.4) is 0 Å². The average molecular weight is 335 g/mol. The van der Waals surface area contributed by atoms with Crippen LogP contribution in [0.25, 0.3) is 0 Å². The van der Waals surface area contributed by atoms with Crippen LogP contribution >= 0.6 is 0 Å². The van der Waals surface area contributed by atoms with Crippen LogP contribution in [0, 0.1) is 12.8 Å². The molecular weight excluding hydrogens is 310 g/mol. The van der Waals surface area contributed by atoms with Gasteiger partial charge in [-0.2, -0.15) is 0 Å². The molecule has 1 aliphatic carbocycles. The van der Waals surface area contributed by atoms with Crippen LogP contribution in [-0.4, -0.2) is 46.7 Å². The van der Waals surface area contributed by atoms with Crippen LogP contribution < -0.4 is 0 Å². The Labute approximate surface area is 142 Å². The fraction of sp³-hybridized carbons (Fsp3) is 0.556. The largest absolute Gasteiger partial charge is 0.504 e. The van der Waals surface area contributed by atoms with Crippen molar-refractivity contribution in [2.75, 3.05) is 13.7 Å². The van der Waals surface area contributed by atoms with E-state index in [1.54, 1.807) is 18.9 Å². The van der Waals surface area contributed by atoms with Gasteiger partial charge in [0.05, 0.1) is 0 Å². The third-order valence-corrected chi connectivity index (χ3v) is 4.83. The summed E-state index contributed by atoms with van der Waals surface area (Å²) in [5.41, 5.74) is 0.298. The first-order chi connectivity index (χ1) is 11.3. The van der Waals surface area contributed by atoms with Gasteiger partial charge in [-0.05, 0) is 50.2 Å². The molecule has 1 amide bonds. The Hall–Kier alpha value is -2.24. The van der Waals surface area contributed by atoms with Crippen LogP contribution in [0.4, 0.5) is 0 Å². The molecule has 2 N–H and O–H groups in total. The number of likely N-dealkylation sites (N-methyl/N-ethyl adjacent to an activating group) is 1. The van der Waals surface area contributed by atoms with E-state index in [9.17, 15) is 19.8 Å². The predicted molar refractivity (Wildman–Crippen MR) is 89.0 cm³/mol. The first kappa shape index (κ1) is 18.1. The normalized spacial score (nSPS) is 20.5. The summed E-state index contributed by atoms with van der Waals surface area (Å²) in [7, 11) is 1.73. The van der Waals surface area contributed by atoms with E-state index >= 15 is 0 Å². The molecule has 0 heterocycles. The highest BCUT2D eigenvalue weighted by Crippen LogP contribution is 2.32. The standard InChI is InChI=1S/C18H25NO5/c1-11-4-7-13(8-5-11)19(3)15(20)10-24-18(23)14-9-6-12(2)16(21)17(14)22/h6,9,11,13,21-22H,4-5,7-8,10H2,1-3H3. The molecule has 0 atom stereocenters. The molecule has 2 rings (SSSR count). The third-order valence-electron chi connectivity index (χ3n) is 4.83.